The summed E-state index contributed by atoms with van der Waals surface area (Å²) in [5, 5.41) is 3.35. The molecule has 0 saturated carbocycles. The van der Waals surface area contributed by atoms with Crippen molar-refractivity contribution in [3.63, 3.8) is 0 Å². The molecule has 5 nitrogen and oxygen atoms in total. The zero-order valence-corrected chi connectivity index (χ0v) is 11.7. The second kappa shape index (κ2) is 5.99. The molecule has 3 atom stereocenters. The highest BCUT2D eigenvalue weighted by atomic mass is 16.5. The van der Waals surface area contributed by atoms with Crippen molar-refractivity contribution >= 4 is 5.91 Å². The molecule has 0 bridgehead atoms. The standard InChI is InChI=1S/C13H25N3O2/c1-4-12-13(17)16(11(3)14-12)10(2)9-15-5-7-18-8-6-15/h10-12,14H,4-9H2,1-3H3. The van der Waals surface area contributed by atoms with Gasteiger partial charge in [-0.2, -0.15) is 0 Å². The van der Waals surface area contributed by atoms with E-state index < -0.39 is 0 Å². The van der Waals surface area contributed by atoms with Gasteiger partial charge in [0.25, 0.3) is 0 Å². The molecule has 2 heterocycles. The minimum atomic E-state index is 0.00661. The second-order valence-corrected chi connectivity index (χ2v) is 5.31. The predicted octanol–water partition coefficient (Wildman–Crippen LogP) is 0.264. The molecule has 1 amide bonds. The summed E-state index contributed by atoms with van der Waals surface area (Å²) in [6.07, 6.45) is 1.02. The quantitative estimate of drug-likeness (QED) is 0.783. The molecule has 0 radical (unpaired) electrons. The van der Waals surface area contributed by atoms with Crippen LogP contribution in [0, 0.1) is 0 Å². The highest BCUT2D eigenvalue weighted by molar-refractivity contribution is 5.84. The molecular weight excluding hydrogens is 230 g/mol. The monoisotopic (exact) mass is 255 g/mol. The van der Waals surface area contributed by atoms with Crippen LogP contribution in [0.5, 0.6) is 0 Å². The molecule has 0 aliphatic carbocycles. The third-order valence-corrected chi connectivity index (χ3v) is 3.92. The van der Waals surface area contributed by atoms with Gasteiger partial charge in [0.05, 0.1) is 25.4 Å². The molecule has 2 aliphatic heterocycles. The molecule has 2 aliphatic rings. The van der Waals surface area contributed by atoms with Gasteiger partial charge in [0.2, 0.25) is 5.91 Å². The molecule has 18 heavy (non-hydrogen) atoms. The van der Waals surface area contributed by atoms with Gasteiger partial charge in [-0.3, -0.25) is 15.0 Å². The van der Waals surface area contributed by atoms with E-state index in [4.69, 9.17) is 4.74 Å². The topological polar surface area (TPSA) is 44.8 Å². The zero-order valence-electron chi connectivity index (χ0n) is 11.7. The molecule has 104 valence electrons. The molecule has 1 N–H and O–H groups in total. The lowest BCUT2D eigenvalue weighted by atomic mass is 10.2. The Morgan fingerprint density at radius 3 is 2.67 bits per heavy atom. The highest BCUT2D eigenvalue weighted by Crippen LogP contribution is 2.17. The number of amides is 1. The molecule has 5 heteroatoms. The van der Waals surface area contributed by atoms with E-state index in [2.05, 4.69) is 31.0 Å². The Labute approximate surface area is 109 Å². The van der Waals surface area contributed by atoms with Gasteiger partial charge in [-0.15, -0.1) is 0 Å². The van der Waals surface area contributed by atoms with Crippen LogP contribution in [0.1, 0.15) is 27.2 Å². The van der Waals surface area contributed by atoms with Crippen molar-refractivity contribution in [3.05, 3.63) is 0 Å². The van der Waals surface area contributed by atoms with E-state index in [1.54, 1.807) is 0 Å². The van der Waals surface area contributed by atoms with E-state index in [1.165, 1.54) is 0 Å². The number of nitrogens with one attached hydrogen (secondary N) is 1. The van der Waals surface area contributed by atoms with Gasteiger partial charge >= 0.3 is 0 Å². The average Bonchev–Trinajstić information content (AvgIpc) is 2.65. The van der Waals surface area contributed by atoms with Crippen LogP contribution in [0.2, 0.25) is 0 Å². The maximum Gasteiger partial charge on any atom is 0.241 e. The predicted molar refractivity (Wildman–Crippen MR) is 70.2 cm³/mol. The van der Waals surface area contributed by atoms with Gasteiger partial charge in [-0.05, 0) is 20.3 Å². The molecule has 0 spiro atoms. The van der Waals surface area contributed by atoms with Gasteiger partial charge in [0.15, 0.2) is 0 Å². The first kappa shape index (κ1) is 13.8. The Kier molecular flexibility index (Phi) is 4.59. The van der Waals surface area contributed by atoms with Crippen LogP contribution in [0.25, 0.3) is 0 Å². The molecule has 3 unspecified atom stereocenters. The fraction of sp³-hybridized carbons (Fsp3) is 0.923. The van der Waals surface area contributed by atoms with Gasteiger partial charge in [-0.1, -0.05) is 6.92 Å². The molecular formula is C13H25N3O2. The van der Waals surface area contributed by atoms with Crippen LogP contribution in [-0.4, -0.2) is 66.8 Å². The first-order valence-corrected chi connectivity index (χ1v) is 7.01. The second-order valence-electron chi connectivity index (χ2n) is 5.31. The third-order valence-electron chi connectivity index (χ3n) is 3.92. The number of nitrogens with zero attached hydrogens (tertiary/aromatic N) is 2. The number of morpholine rings is 1. The fourth-order valence-electron chi connectivity index (χ4n) is 2.95. The maximum absolute atomic E-state index is 12.3. The molecule has 2 fully saturated rings. The van der Waals surface area contributed by atoms with Crippen molar-refractivity contribution in [1.29, 1.82) is 0 Å². The van der Waals surface area contributed by atoms with E-state index >= 15 is 0 Å². The molecule has 0 aromatic rings. The summed E-state index contributed by atoms with van der Waals surface area (Å²) in [6.45, 7) is 10.8. The molecule has 2 rings (SSSR count). The Morgan fingerprint density at radius 1 is 1.44 bits per heavy atom. The summed E-state index contributed by atoms with van der Waals surface area (Å²) in [5.74, 6) is 0.255. The summed E-state index contributed by atoms with van der Waals surface area (Å²) in [6, 6.07) is 0.266. The van der Waals surface area contributed by atoms with Crippen molar-refractivity contribution in [2.24, 2.45) is 0 Å². The third kappa shape index (κ3) is 2.84. The fourth-order valence-corrected chi connectivity index (χ4v) is 2.95. The van der Waals surface area contributed by atoms with E-state index in [0.717, 1.165) is 39.3 Å². The number of rotatable bonds is 4. The Bertz CT molecular complexity index is 292. The van der Waals surface area contributed by atoms with Crippen molar-refractivity contribution in [2.75, 3.05) is 32.8 Å². The Hall–Kier alpha value is -0.650. The minimum Gasteiger partial charge on any atom is -0.379 e. The summed E-state index contributed by atoms with van der Waals surface area (Å²) in [5.41, 5.74) is 0. The van der Waals surface area contributed by atoms with Crippen LogP contribution in [-0.2, 0) is 9.53 Å². The van der Waals surface area contributed by atoms with Gasteiger partial charge < -0.3 is 9.64 Å². The van der Waals surface area contributed by atoms with Crippen molar-refractivity contribution < 1.29 is 9.53 Å². The lowest BCUT2D eigenvalue weighted by Crippen LogP contribution is -2.49. The smallest absolute Gasteiger partial charge is 0.241 e. The normalized spacial score (nSPS) is 31.9. The van der Waals surface area contributed by atoms with Crippen LogP contribution in [0.3, 0.4) is 0 Å². The van der Waals surface area contributed by atoms with E-state index in [1.807, 2.05) is 4.90 Å². The van der Waals surface area contributed by atoms with E-state index in [0.29, 0.717) is 0 Å². The lowest BCUT2D eigenvalue weighted by molar-refractivity contribution is -0.132. The number of hydrogen-bond acceptors (Lipinski definition) is 4. The van der Waals surface area contributed by atoms with Crippen LogP contribution in [0.4, 0.5) is 0 Å². The summed E-state index contributed by atoms with van der Waals surface area (Å²) >= 11 is 0. The van der Waals surface area contributed by atoms with E-state index in [-0.39, 0.29) is 24.2 Å². The van der Waals surface area contributed by atoms with Crippen LogP contribution >= 0.6 is 0 Å². The van der Waals surface area contributed by atoms with Crippen LogP contribution < -0.4 is 5.32 Å². The van der Waals surface area contributed by atoms with E-state index in [9.17, 15) is 4.79 Å². The van der Waals surface area contributed by atoms with Gasteiger partial charge in [0.1, 0.15) is 0 Å². The number of hydrogen-bond donors (Lipinski definition) is 1. The van der Waals surface area contributed by atoms with Crippen molar-refractivity contribution in [1.82, 2.24) is 15.1 Å². The van der Waals surface area contributed by atoms with Crippen LogP contribution in [0.15, 0.2) is 0 Å². The van der Waals surface area contributed by atoms with Crippen molar-refractivity contribution in [2.45, 2.75) is 45.4 Å². The Morgan fingerprint density at radius 2 is 2.11 bits per heavy atom. The van der Waals surface area contributed by atoms with Gasteiger partial charge in [0, 0.05) is 25.7 Å². The zero-order chi connectivity index (χ0) is 13.1. The summed E-state index contributed by atoms with van der Waals surface area (Å²) in [7, 11) is 0. The first-order valence-electron chi connectivity index (χ1n) is 7.01. The minimum absolute atomic E-state index is 0.00661. The summed E-state index contributed by atoms with van der Waals surface area (Å²) in [4.78, 5) is 16.6. The average molecular weight is 255 g/mol. The number of carbonyl (C=O) groups is 1. The number of carbonyl (C=O) groups excluding carboxylic acids is 1. The molecule has 0 aromatic heterocycles. The molecule has 0 aromatic carbocycles. The summed E-state index contributed by atoms with van der Waals surface area (Å²) < 4.78 is 5.35. The van der Waals surface area contributed by atoms with Crippen molar-refractivity contribution in [3.8, 4) is 0 Å². The maximum atomic E-state index is 12.3. The highest BCUT2D eigenvalue weighted by Gasteiger charge is 2.38. The number of ether oxygens (including phenoxy) is 1. The first-order chi connectivity index (χ1) is 8.63. The Balaban J connectivity index is 1.91. The van der Waals surface area contributed by atoms with Gasteiger partial charge in [-0.25, -0.2) is 0 Å². The molecule has 2 saturated heterocycles. The SMILES string of the molecule is CCC1NC(C)N(C(C)CN2CCOCC2)C1=O. The lowest BCUT2D eigenvalue weighted by Gasteiger charge is -2.34. The largest absolute Gasteiger partial charge is 0.379 e.